The van der Waals surface area contributed by atoms with Crippen LogP contribution in [0.1, 0.15) is 0 Å². The van der Waals surface area contributed by atoms with Crippen LogP contribution >= 0.6 is 0 Å². The van der Waals surface area contributed by atoms with Gasteiger partial charge in [-0.25, -0.2) is 0 Å². The Morgan fingerprint density at radius 1 is 0.315 bits per heavy atom. The van der Waals surface area contributed by atoms with E-state index in [1.165, 1.54) is 44.2 Å². The molecule has 1 heterocycles. The monoisotopic (exact) mass is 689 g/mol. The van der Waals surface area contributed by atoms with Gasteiger partial charge < -0.3 is 9.32 Å². The molecule has 10 rings (SSSR count). The highest BCUT2D eigenvalue weighted by atomic mass is 16.3. The van der Waals surface area contributed by atoms with Crippen LogP contribution in [0, 0.1) is 0 Å². The fraction of sp³-hybridized carbons (Fsp3) is 0. The summed E-state index contributed by atoms with van der Waals surface area (Å²) in [5.74, 6) is 0. The van der Waals surface area contributed by atoms with Crippen molar-refractivity contribution in [2.45, 2.75) is 0 Å². The minimum absolute atomic E-state index is 0.856. The zero-order valence-corrected chi connectivity index (χ0v) is 29.6. The molecule has 2 nitrogen and oxygen atoms in total. The van der Waals surface area contributed by atoms with E-state index in [4.69, 9.17) is 4.42 Å². The number of fused-ring (bicyclic) bond motifs is 4. The van der Waals surface area contributed by atoms with E-state index >= 15 is 0 Å². The molecule has 54 heavy (non-hydrogen) atoms. The summed E-state index contributed by atoms with van der Waals surface area (Å²) < 4.78 is 6.57. The molecular formula is C52H35NO. The summed E-state index contributed by atoms with van der Waals surface area (Å²) in [7, 11) is 0. The van der Waals surface area contributed by atoms with Crippen LogP contribution in [0.3, 0.4) is 0 Å². The minimum Gasteiger partial charge on any atom is -0.456 e. The van der Waals surface area contributed by atoms with Crippen molar-refractivity contribution in [1.29, 1.82) is 0 Å². The van der Waals surface area contributed by atoms with E-state index in [2.05, 4.69) is 211 Å². The quantitative estimate of drug-likeness (QED) is 0.166. The van der Waals surface area contributed by atoms with E-state index in [-0.39, 0.29) is 0 Å². The number of hydrogen-bond donors (Lipinski definition) is 0. The Bertz CT molecular complexity index is 2910. The number of furan rings is 1. The van der Waals surface area contributed by atoms with E-state index < -0.39 is 0 Å². The highest BCUT2D eigenvalue weighted by Crippen LogP contribution is 2.49. The topological polar surface area (TPSA) is 16.4 Å². The van der Waals surface area contributed by atoms with Crippen LogP contribution in [-0.2, 0) is 0 Å². The van der Waals surface area contributed by atoms with Gasteiger partial charge in [-0.3, -0.25) is 0 Å². The van der Waals surface area contributed by atoms with Gasteiger partial charge in [-0.1, -0.05) is 164 Å². The van der Waals surface area contributed by atoms with Crippen molar-refractivity contribution in [3.63, 3.8) is 0 Å². The smallest absolute Gasteiger partial charge is 0.137 e. The van der Waals surface area contributed by atoms with Crippen molar-refractivity contribution in [2.24, 2.45) is 0 Å². The Balaban J connectivity index is 1.20. The average Bonchev–Trinajstić information content (AvgIpc) is 3.64. The first-order valence-corrected chi connectivity index (χ1v) is 18.4. The molecular weight excluding hydrogens is 655 g/mol. The molecule has 0 unspecified atom stereocenters. The molecule has 0 radical (unpaired) electrons. The lowest BCUT2D eigenvalue weighted by atomic mass is 9.94. The van der Waals surface area contributed by atoms with Gasteiger partial charge in [-0.05, 0) is 98.2 Å². The first-order chi connectivity index (χ1) is 26.8. The normalized spacial score (nSPS) is 11.3. The molecule has 0 aliphatic rings. The average molecular weight is 690 g/mol. The lowest BCUT2D eigenvalue weighted by molar-refractivity contribution is 0.669. The summed E-state index contributed by atoms with van der Waals surface area (Å²) in [4.78, 5) is 2.42. The SMILES string of the molecule is c1ccc(-c2ccc(-c3cccc(-c4ccc5oc6ccccc6c5c4N(c4ccc(-c5ccccc5)cc4)c4ccc5ccccc5c4)c3)cc2)cc1. The number of para-hydroxylation sites is 1. The molecule has 0 saturated carbocycles. The number of rotatable bonds is 7. The molecule has 9 aromatic carbocycles. The standard InChI is InChI=1S/C52H35NO/c1-3-12-36(13-4-1)39-22-24-41(25-23-39)42-18-11-19-44(34-42)47-32-33-50-51(48-20-9-10-21-49(48)54-50)52(47)53(46-31-28-38-16-7-8-17-43(38)35-46)45-29-26-40(27-30-45)37-14-5-2-6-15-37/h1-35H. The van der Waals surface area contributed by atoms with E-state index in [9.17, 15) is 0 Å². The van der Waals surface area contributed by atoms with Gasteiger partial charge in [0.2, 0.25) is 0 Å². The molecule has 10 aromatic rings. The van der Waals surface area contributed by atoms with Gasteiger partial charge in [-0.2, -0.15) is 0 Å². The number of nitrogens with zero attached hydrogens (tertiary/aromatic N) is 1. The summed E-state index contributed by atoms with van der Waals surface area (Å²) in [5.41, 5.74) is 14.3. The van der Waals surface area contributed by atoms with Crippen LogP contribution in [0.4, 0.5) is 17.1 Å². The van der Waals surface area contributed by atoms with Gasteiger partial charge in [0.1, 0.15) is 11.2 Å². The molecule has 0 amide bonds. The number of anilines is 3. The van der Waals surface area contributed by atoms with E-state index in [1.54, 1.807) is 0 Å². The van der Waals surface area contributed by atoms with Gasteiger partial charge in [0.25, 0.3) is 0 Å². The van der Waals surface area contributed by atoms with E-state index in [1.807, 2.05) is 6.07 Å². The van der Waals surface area contributed by atoms with Crippen LogP contribution < -0.4 is 4.90 Å². The predicted octanol–water partition coefficient (Wildman–Crippen LogP) is 14.9. The van der Waals surface area contributed by atoms with Gasteiger partial charge in [0.05, 0.1) is 11.1 Å². The Morgan fingerprint density at radius 3 is 1.57 bits per heavy atom. The van der Waals surface area contributed by atoms with Crippen LogP contribution in [0.15, 0.2) is 217 Å². The fourth-order valence-corrected chi connectivity index (χ4v) is 7.77. The molecule has 0 aliphatic carbocycles. The van der Waals surface area contributed by atoms with Crippen molar-refractivity contribution in [3.8, 4) is 44.5 Å². The Labute approximate surface area is 314 Å². The minimum atomic E-state index is 0.856. The predicted molar refractivity (Wildman–Crippen MR) is 228 cm³/mol. The largest absolute Gasteiger partial charge is 0.456 e. The summed E-state index contributed by atoms with van der Waals surface area (Å²) >= 11 is 0. The van der Waals surface area contributed by atoms with Crippen molar-refractivity contribution in [1.82, 2.24) is 0 Å². The second kappa shape index (κ2) is 13.4. The van der Waals surface area contributed by atoms with Crippen molar-refractivity contribution >= 4 is 49.8 Å². The highest BCUT2D eigenvalue weighted by molar-refractivity contribution is 6.17. The summed E-state index contributed by atoms with van der Waals surface area (Å²) in [6.07, 6.45) is 0. The third-order valence-electron chi connectivity index (χ3n) is 10.5. The molecule has 0 saturated heterocycles. The molecule has 0 N–H and O–H groups in total. The second-order valence-electron chi connectivity index (χ2n) is 13.7. The van der Waals surface area contributed by atoms with E-state index in [0.29, 0.717) is 0 Å². The van der Waals surface area contributed by atoms with Crippen molar-refractivity contribution in [3.05, 3.63) is 212 Å². The molecule has 2 heteroatoms. The Morgan fingerprint density at radius 2 is 0.852 bits per heavy atom. The van der Waals surface area contributed by atoms with Crippen molar-refractivity contribution in [2.75, 3.05) is 4.90 Å². The maximum atomic E-state index is 6.57. The summed E-state index contributed by atoms with van der Waals surface area (Å²) in [6, 6.07) is 75.9. The molecule has 0 bridgehead atoms. The molecule has 0 fully saturated rings. The van der Waals surface area contributed by atoms with E-state index in [0.717, 1.165) is 50.1 Å². The van der Waals surface area contributed by atoms with Crippen LogP contribution in [0.5, 0.6) is 0 Å². The van der Waals surface area contributed by atoms with Gasteiger partial charge in [0.15, 0.2) is 0 Å². The highest BCUT2D eigenvalue weighted by Gasteiger charge is 2.24. The number of hydrogen-bond acceptors (Lipinski definition) is 2. The van der Waals surface area contributed by atoms with Crippen molar-refractivity contribution < 1.29 is 4.42 Å². The third-order valence-corrected chi connectivity index (χ3v) is 10.5. The lowest BCUT2D eigenvalue weighted by Crippen LogP contribution is -2.12. The van der Waals surface area contributed by atoms with Gasteiger partial charge in [-0.15, -0.1) is 0 Å². The van der Waals surface area contributed by atoms with Crippen LogP contribution in [-0.4, -0.2) is 0 Å². The Kier molecular flexibility index (Phi) is 7.85. The second-order valence-corrected chi connectivity index (χ2v) is 13.7. The Hall–Kier alpha value is -7.16. The van der Waals surface area contributed by atoms with Gasteiger partial charge in [0, 0.05) is 22.3 Å². The van der Waals surface area contributed by atoms with Crippen LogP contribution in [0.25, 0.3) is 77.2 Å². The number of benzene rings is 9. The maximum Gasteiger partial charge on any atom is 0.137 e. The third kappa shape index (κ3) is 5.71. The first kappa shape index (κ1) is 31.6. The zero-order chi connectivity index (χ0) is 35.8. The lowest BCUT2D eigenvalue weighted by Gasteiger charge is -2.29. The summed E-state index contributed by atoms with van der Waals surface area (Å²) in [5, 5.41) is 4.57. The summed E-state index contributed by atoms with van der Waals surface area (Å²) in [6.45, 7) is 0. The fourth-order valence-electron chi connectivity index (χ4n) is 7.77. The van der Waals surface area contributed by atoms with Gasteiger partial charge >= 0.3 is 0 Å². The molecule has 0 atom stereocenters. The molecule has 1 aromatic heterocycles. The molecule has 0 aliphatic heterocycles. The maximum absolute atomic E-state index is 6.57. The molecule has 254 valence electrons. The zero-order valence-electron chi connectivity index (χ0n) is 29.6. The molecule has 0 spiro atoms. The first-order valence-electron chi connectivity index (χ1n) is 18.4. The van der Waals surface area contributed by atoms with Crippen LogP contribution in [0.2, 0.25) is 0 Å².